The smallest absolute Gasteiger partial charge is 0.323 e. The quantitative estimate of drug-likeness (QED) is 0.821. The fourth-order valence-electron chi connectivity index (χ4n) is 3.86. The third kappa shape index (κ3) is 3.41. The Kier molecular flexibility index (Phi) is 4.66. The lowest BCUT2D eigenvalue weighted by Crippen LogP contribution is -2.60. The zero-order valence-corrected chi connectivity index (χ0v) is 14.1. The summed E-state index contributed by atoms with van der Waals surface area (Å²) in [5.74, 6) is -0.688. The van der Waals surface area contributed by atoms with Crippen molar-refractivity contribution in [3.05, 3.63) is 0 Å². The summed E-state index contributed by atoms with van der Waals surface area (Å²) in [5, 5.41) is 13.0. The number of hydrogen-bond donors (Lipinski definition) is 2. The highest BCUT2D eigenvalue weighted by Gasteiger charge is 2.48. The maximum Gasteiger partial charge on any atom is 0.323 e. The van der Waals surface area contributed by atoms with Crippen LogP contribution in [0.5, 0.6) is 0 Å². The Hall–Kier alpha value is -0.650. The number of rotatable bonds is 4. The first-order valence-electron chi connectivity index (χ1n) is 8.13. The number of carboxylic acid groups (broad SMARTS) is 1. The van der Waals surface area contributed by atoms with Crippen LogP contribution in [0.25, 0.3) is 0 Å². The Bertz CT molecular complexity index is 397. The van der Waals surface area contributed by atoms with E-state index >= 15 is 0 Å². The van der Waals surface area contributed by atoms with Gasteiger partial charge >= 0.3 is 5.97 Å². The minimum Gasteiger partial charge on any atom is -0.480 e. The molecule has 2 rings (SSSR count). The predicted molar refractivity (Wildman–Crippen MR) is 84.6 cm³/mol. The molecular weight excluding hydrogens is 266 g/mol. The molecule has 0 aromatic heterocycles. The first-order chi connectivity index (χ1) is 9.66. The minimum absolute atomic E-state index is 0.165. The van der Waals surface area contributed by atoms with Crippen LogP contribution in [0, 0.1) is 0 Å². The average Bonchev–Trinajstić information content (AvgIpc) is 2.77. The standard InChI is InChI=1S/C16H31N3O2/c1-12(2)17-16(14(20)21)7-6-13(10-16)19-9-8-18(5)15(3,4)11-19/h12-13,17H,6-11H2,1-5H3,(H,20,21). The van der Waals surface area contributed by atoms with E-state index in [4.69, 9.17) is 0 Å². The molecular formula is C16H31N3O2. The molecule has 21 heavy (non-hydrogen) atoms. The monoisotopic (exact) mass is 297 g/mol. The third-order valence-corrected chi connectivity index (χ3v) is 5.33. The van der Waals surface area contributed by atoms with Crippen LogP contribution >= 0.6 is 0 Å². The van der Waals surface area contributed by atoms with Crippen molar-refractivity contribution in [2.75, 3.05) is 26.7 Å². The van der Waals surface area contributed by atoms with Gasteiger partial charge in [0.05, 0.1) is 0 Å². The van der Waals surface area contributed by atoms with E-state index < -0.39 is 11.5 Å². The summed E-state index contributed by atoms with van der Waals surface area (Å²) in [5.41, 5.74) is -0.565. The molecule has 2 aliphatic rings. The van der Waals surface area contributed by atoms with Gasteiger partial charge in [0, 0.05) is 37.3 Å². The third-order valence-electron chi connectivity index (χ3n) is 5.33. The molecule has 0 spiro atoms. The molecule has 1 aliphatic carbocycles. The Morgan fingerprint density at radius 1 is 1.33 bits per heavy atom. The van der Waals surface area contributed by atoms with Gasteiger partial charge in [0.2, 0.25) is 0 Å². The van der Waals surface area contributed by atoms with E-state index in [0.29, 0.717) is 6.04 Å². The van der Waals surface area contributed by atoms with E-state index in [2.05, 4.69) is 36.0 Å². The molecule has 1 saturated heterocycles. The van der Waals surface area contributed by atoms with Crippen molar-refractivity contribution in [1.82, 2.24) is 15.1 Å². The summed E-state index contributed by atoms with van der Waals surface area (Å²) in [6.45, 7) is 11.7. The second-order valence-electron chi connectivity index (χ2n) is 7.79. The van der Waals surface area contributed by atoms with E-state index in [1.54, 1.807) is 0 Å². The zero-order valence-electron chi connectivity index (χ0n) is 14.1. The number of carboxylic acids is 1. The molecule has 1 aliphatic heterocycles. The molecule has 0 aromatic rings. The SMILES string of the molecule is CC(C)NC1(C(=O)O)CCC(N2CCN(C)C(C)(C)C2)C1. The summed E-state index contributed by atoms with van der Waals surface area (Å²) < 4.78 is 0. The number of aliphatic carboxylic acids is 1. The van der Waals surface area contributed by atoms with Crippen LogP contribution in [0.2, 0.25) is 0 Å². The zero-order chi connectivity index (χ0) is 15.8. The van der Waals surface area contributed by atoms with Gasteiger partial charge in [-0.05, 0) is 54.0 Å². The Balaban J connectivity index is 2.06. The molecule has 122 valence electrons. The van der Waals surface area contributed by atoms with Crippen LogP contribution in [0.15, 0.2) is 0 Å². The molecule has 2 fully saturated rings. The molecule has 0 bridgehead atoms. The minimum atomic E-state index is -0.730. The first kappa shape index (κ1) is 16.7. The number of piperazine rings is 1. The van der Waals surface area contributed by atoms with Crippen molar-refractivity contribution < 1.29 is 9.90 Å². The first-order valence-corrected chi connectivity index (χ1v) is 8.13. The highest BCUT2D eigenvalue weighted by molar-refractivity contribution is 5.79. The predicted octanol–water partition coefficient (Wildman–Crippen LogP) is 1.39. The summed E-state index contributed by atoms with van der Waals surface area (Å²) in [4.78, 5) is 16.7. The Morgan fingerprint density at radius 3 is 2.52 bits per heavy atom. The van der Waals surface area contributed by atoms with Gasteiger partial charge < -0.3 is 5.11 Å². The van der Waals surface area contributed by atoms with Gasteiger partial charge in [0.25, 0.3) is 0 Å². The molecule has 2 N–H and O–H groups in total. The topological polar surface area (TPSA) is 55.8 Å². The van der Waals surface area contributed by atoms with Crippen LogP contribution in [0.3, 0.4) is 0 Å². The normalized spacial score (nSPS) is 34.5. The molecule has 0 amide bonds. The van der Waals surface area contributed by atoms with E-state index in [9.17, 15) is 9.90 Å². The number of likely N-dealkylation sites (N-methyl/N-ethyl adjacent to an activating group) is 1. The molecule has 5 nitrogen and oxygen atoms in total. The molecule has 0 radical (unpaired) electrons. The van der Waals surface area contributed by atoms with Crippen LogP contribution < -0.4 is 5.32 Å². The van der Waals surface area contributed by atoms with Crippen molar-refractivity contribution in [2.45, 2.75) is 70.1 Å². The summed E-state index contributed by atoms with van der Waals surface area (Å²) in [6.07, 6.45) is 2.43. The fourth-order valence-corrected chi connectivity index (χ4v) is 3.86. The summed E-state index contributed by atoms with van der Waals surface area (Å²) in [6, 6.07) is 0.587. The highest BCUT2D eigenvalue weighted by Crippen LogP contribution is 2.35. The Morgan fingerprint density at radius 2 is 2.00 bits per heavy atom. The molecule has 2 unspecified atom stereocenters. The van der Waals surface area contributed by atoms with Crippen molar-refractivity contribution in [2.24, 2.45) is 0 Å². The molecule has 0 aromatic carbocycles. The lowest BCUT2D eigenvalue weighted by Gasteiger charge is -2.47. The largest absolute Gasteiger partial charge is 0.480 e. The average molecular weight is 297 g/mol. The van der Waals surface area contributed by atoms with Crippen LogP contribution in [-0.4, -0.2) is 70.7 Å². The Labute approximate surface area is 128 Å². The van der Waals surface area contributed by atoms with Gasteiger partial charge in [-0.15, -0.1) is 0 Å². The molecule has 5 heteroatoms. The van der Waals surface area contributed by atoms with Crippen LogP contribution in [-0.2, 0) is 4.79 Å². The van der Waals surface area contributed by atoms with Crippen molar-refractivity contribution in [3.8, 4) is 0 Å². The maximum absolute atomic E-state index is 11.8. The second kappa shape index (κ2) is 5.86. The van der Waals surface area contributed by atoms with Gasteiger partial charge in [0.1, 0.15) is 5.54 Å². The van der Waals surface area contributed by atoms with Crippen molar-refractivity contribution in [3.63, 3.8) is 0 Å². The summed E-state index contributed by atoms with van der Waals surface area (Å²) >= 11 is 0. The van der Waals surface area contributed by atoms with Gasteiger partial charge in [-0.1, -0.05) is 0 Å². The van der Waals surface area contributed by atoms with Crippen LogP contribution in [0.1, 0.15) is 47.0 Å². The molecule has 2 atom stereocenters. The number of hydrogen-bond acceptors (Lipinski definition) is 4. The van der Waals surface area contributed by atoms with E-state index in [-0.39, 0.29) is 11.6 Å². The van der Waals surface area contributed by atoms with E-state index in [1.807, 2.05) is 13.8 Å². The molecule has 1 saturated carbocycles. The van der Waals surface area contributed by atoms with Crippen LogP contribution in [0.4, 0.5) is 0 Å². The van der Waals surface area contributed by atoms with Gasteiger partial charge in [-0.2, -0.15) is 0 Å². The maximum atomic E-state index is 11.8. The van der Waals surface area contributed by atoms with Gasteiger partial charge in [0.15, 0.2) is 0 Å². The summed E-state index contributed by atoms with van der Waals surface area (Å²) in [7, 11) is 2.17. The van der Waals surface area contributed by atoms with Crippen molar-refractivity contribution >= 4 is 5.97 Å². The number of carbonyl (C=O) groups is 1. The fraction of sp³-hybridized carbons (Fsp3) is 0.938. The lowest BCUT2D eigenvalue weighted by atomic mass is 9.94. The molecule has 1 heterocycles. The number of nitrogens with zero attached hydrogens (tertiary/aromatic N) is 2. The van der Waals surface area contributed by atoms with Gasteiger partial charge in [-0.3, -0.25) is 19.9 Å². The second-order valence-corrected chi connectivity index (χ2v) is 7.79. The highest BCUT2D eigenvalue weighted by atomic mass is 16.4. The lowest BCUT2D eigenvalue weighted by molar-refractivity contribution is -0.145. The van der Waals surface area contributed by atoms with Gasteiger partial charge in [-0.25, -0.2) is 0 Å². The van der Waals surface area contributed by atoms with Crippen molar-refractivity contribution in [1.29, 1.82) is 0 Å². The van der Waals surface area contributed by atoms with E-state index in [1.165, 1.54) is 0 Å². The van der Waals surface area contributed by atoms with E-state index in [0.717, 1.165) is 38.9 Å². The number of nitrogens with one attached hydrogen (secondary N) is 1.